The zero-order valence-electron chi connectivity index (χ0n) is 10.2. The van der Waals surface area contributed by atoms with Crippen LogP contribution in [-0.4, -0.2) is 48.5 Å². The van der Waals surface area contributed by atoms with Crippen LogP contribution in [0.1, 0.15) is 12.5 Å². The van der Waals surface area contributed by atoms with E-state index in [1.165, 1.54) is 6.33 Å². The van der Waals surface area contributed by atoms with Gasteiger partial charge in [0.15, 0.2) is 11.5 Å². The van der Waals surface area contributed by atoms with Crippen LogP contribution in [0.4, 0.5) is 5.82 Å². The molecule has 6 N–H and O–H groups in total. The van der Waals surface area contributed by atoms with Crippen molar-refractivity contribution in [1.29, 1.82) is 0 Å². The highest BCUT2D eigenvalue weighted by Gasteiger charge is 2.41. The van der Waals surface area contributed by atoms with Crippen molar-refractivity contribution >= 4 is 17.0 Å². The molecule has 0 spiro atoms. The maximum absolute atomic E-state index is 10.2. The second kappa shape index (κ2) is 4.41. The standard InChI is InChI=1S/C11H16N6O2/c12-7-5(2-18)1-6(9(7)19)17-4-16-8-10(13)14-3-15-11(8)17/h3-7,9,18-19H,1-2,12H2,(H2,13,14,15). The highest BCUT2D eigenvalue weighted by Crippen LogP contribution is 2.35. The fourth-order valence-corrected chi connectivity index (χ4v) is 2.73. The minimum Gasteiger partial charge on any atom is -0.396 e. The van der Waals surface area contributed by atoms with Gasteiger partial charge in [0.25, 0.3) is 0 Å². The zero-order valence-corrected chi connectivity index (χ0v) is 10.2. The van der Waals surface area contributed by atoms with Crippen molar-refractivity contribution in [3.8, 4) is 0 Å². The van der Waals surface area contributed by atoms with Crippen LogP contribution in [0.5, 0.6) is 0 Å². The molecule has 3 rings (SSSR count). The Kier molecular flexibility index (Phi) is 2.85. The maximum atomic E-state index is 10.2. The number of aliphatic hydroxyl groups excluding tert-OH is 2. The van der Waals surface area contributed by atoms with E-state index >= 15 is 0 Å². The molecule has 102 valence electrons. The van der Waals surface area contributed by atoms with Crippen LogP contribution in [0.2, 0.25) is 0 Å². The first-order chi connectivity index (χ1) is 9.13. The molecule has 0 radical (unpaired) electrons. The molecule has 2 aromatic rings. The van der Waals surface area contributed by atoms with Crippen LogP contribution < -0.4 is 11.5 Å². The summed E-state index contributed by atoms with van der Waals surface area (Å²) in [6.07, 6.45) is 2.77. The van der Waals surface area contributed by atoms with Gasteiger partial charge in [-0.15, -0.1) is 0 Å². The summed E-state index contributed by atoms with van der Waals surface area (Å²) in [5.74, 6) is 0.177. The molecule has 4 unspecified atom stereocenters. The number of hydrogen-bond acceptors (Lipinski definition) is 7. The molecule has 0 saturated heterocycles. The Hall–Kier alpha value is -1.77. The van der Waals surface area contributed by atoms with Crippen molar-refractivity contribution in [3.05, 3.63) is 12.7 Å². The van der Waals surface area contributed by atoms with Crippen LogP contribution in [0.15, 0.2) is 12.7 Å². The average Bonchev–Trinajstić information content (AvgIpc) is 2.94. The lowest BCUT2D eigenvalue weighted by molar-refractivity contribution is 0.113. The van der Waals surface area contributed by atoms with E-state index in [0.29, 0.717) is 23.4 Å². The molecule has 19 heavy (non-hydrogen) atoms. The van der Waals surface area contributed by atoms with E-state index < -0.39 is 12.1 Å². The number of rotatable bonds is 2. The number of anilines is 1. The third kappa shape index (κ3) is 1.76. The Bertz CT molecular complexity index is 600. The summed E-state index contributed by atoms with van der Waals surface area (Å²) in [6, 6.07) is -0.710. The lowest BCUT2D eigenvalue weighted by atomic mass is 10.1. The van der Waals surface area contributed by atoms with Crippen molar-refractivity contribution in [2.45, 2.75) is 24.6 Å². The van der Waals surface area contributed by atoms with Gasteiger partial charge in [-0.05, 0) is 6.42 Å². The van der Waals surface area contributed by atoms with Gasteiger partial charge >= 0.3 is 0 Å². The van der Waals surface area contributed by atoms with Crippen LogP contribution in [-0.2, 0) is 0 Å². The molecule has 1 fully saturated rings. The third-order valence-corrected chi connectivity index (χ3v) is 3.86. The van der Waals surface area contributed by atoms with Crippen LogP contribution >= 0.6 is 0 Å². The number of aliphatic hydroxyl groups is 2. The summed E-state index contributed by atoms with van der Waals surface area (Å²) in [7, 11) is 0. The number of hydrogen-bond donors (Lipinski definition) is 4. The van der Waals surface area contributed by atoms with Gasteiger partial charge in [0, 0.05) is 18.6 Å². The first-order valence-corrected chi connectivity index (χ1v) is 6.11. The maximum Gasteiger partial charge on any atom is 0.165 e. The lowest BCUT2D eigenvalue weighted by Crippen LogP contribution is -2.38. The molecule has 0 aliphatic heterocycles. The monoisotopic (exact) mass is 264 g/mol. The Balaban J connectivity index is 2.04. The van der Waals surface area contributed by atoms with E-state index in [1.54, 1.807) is 10.9 Å². The minimum absolute atomic E-state index is 0.0432. The van der Waals surface area contributed by atoms with Crippen LogP contribution in [0, 0.1) is 5.92 Å². The van der Waals surface area contributed by atoms with E-state index in [1.807, 2.05) is 0 Å². The Morgan fingerprint density at radius 3 is 2.84 bits per heavy atom. The second-order valence-corrected chi connectivity index (χ2v) is 4.90. The predicted octanol–water partition coefficient (Wildman–Crippen LogP) is -1.35. The molecule has 8 heteroatoms. The number of aromatic nitrogens is 4. The Labute approximate surface area is 109 Å². The summed E-state index contributed by atoms with van der Waals surface area (Å²) in [5.41, 5.74) is 12.7. The van der Waals surface area contributed by atoms with Crippen molar-refractivity contribution < 1.29 is 10.2 Å². The molecule has 2 aromatic heterocycles. The number of nitrogen functional groups attached to an aromatic ring is 1. The van der Waals surface area contributed by atoms with Gasteiger partial charge in [-0.3, -0.25) is 0 Å². The fraction of sp³-hybridized carbons (Fsp3) is 0.545. The molecule has 4 atom stereocenters. The largest absolute Gasteiger partial charge is 0.396 e. The Morgan fingerprint density at radius 1 is 1.37 bits per heavy atom. The van der Waals surface area contributed by atoms with Gasteiger partial charge in [-0.2, -0.15) is 0 Å². The van der Waals surface area contributed by atoms with Gasteiger partial charge in [0.2, 0.25) is 0 Å². The fourth-order valence-electron chi connectivity index (χ4n) is 2.73. The van der Waals surface area contributed by atoms with E-state index in [0.717, 1.165) is 0 Å². The molecule has 1 saturated carbocycles. The summed E-state index contributed by atoms with van der Waals surface area (Å²) in [5, 5.41) is 19.5. The number of imidazole rings is 1. The molecule has 1 aliphatic carbocycles. The molecule has 1 aliphatic rings. The molecule has 8 nitrogen and oxygen atoms in total. The second-order valence-electron chi connectivity index (χ2n) is 4.90. The van der Waals surface area contributed by atoms with Gasteiger partial charge in [0.1, 0.15) is 11.8 Å². The molecule has 0 amide bonds. The number of nitrogens with zero attached hydrogens (tertiary/aromatic N) is 4. The minimum atomic E-state index is -0.745. The molecule has 0 aromatic carbocycles. The van der Waals surface area contributed by atoms with Gasteiger partial charge in [-0.1, -0.05) is 0 Å². The Morgan fingerprint density at radius 2 is 2.16 bits per heavy atom. The van der Waals surface area contributed by atoms with Crippen LogP contribution in [0.25, 0.3) is 11.2 Å². The number of nitrogens with two attached hydrogens (primary N) is 2. The topological polar surface area (TPSA) is 136 Å². The SMILES string of the molecule is Nc1ncnc2c1ncn2C1CC(CO)C(N)C1O. The molecular weight excluding hydrogens is 248 g/mol. The third-order valence-electron chi connectivity index (χ3n) is 3.86. The van der Waals surface area contributed by atoms with Crippen molar-refractivity contribution in [3.63, 3.8) is 0 Å². The van der Waals surface area contributed by atoms with E-state index in [9.17, 15) is 10.2 Å². The first kappa shape index (κ1) is 12.3. The van der Waals surface area contributed by atoms with Crippen molar-refractivity contribution in [2.75, 3.05) is 12.3 Å². The average molecular weight is 264 g/mol. The quantitative estimate of drug-likeness (QED) is 0.526. The molecule has 2 heterocycles. The van der Waals surface area contributed by atoms with Gasteiger partial charge in [-0.25, -0.2) is 15.0 Å². The van der Waals surface area contributed by atoms with Crippen molar-refractivity contribution in [1.82, 2.24) is 19.5 Å². The number of fused-ring (bicyclic) bond motifs is 1. The highest BCUT2D eigenvalue weighted by atomic mass is 16.3. The lowest BCUT2D eigenvalue weighted by Gasteiger charge is -2.18. The van der Waals surface area contributed by atoms with Gasteiger partial charge in [0.05, 0.1) is 18.5 Å². The smallest absolute Gasteiger partial charge is 0.165 e. The van der Waals surface area contributed by atoms with Gasteiger partial charge < -0.3 is 26.2 Å². The summed E-state index contributed by atoms with van der Waals surface area (Å²) in [6.45, 7) is -0.0432. The highest BCUT2D eigenvalue weighted by molar-refractivity contribution is 5.81. The summed E-state index contributed by atoms with van der Waals surface area (Å²) in [4.78, 5) is 12.2. The summed E-state index contributed by atoms with van der Waals surface area (Å²) >= 11 is 0. The van der Waals surface area contributed by atoms with E-state index in [4.69, 9.17) is 11.5 Å². The van der Waals surface area contributed by atoms with Crippen molar-refractivity contribution in [2.24, 2.45) is 11.7 Å². The van der Waals surface area contributed by atoms with E-state index in [2.05, 4.69) is 15.0 Å². The summed E-state index contributed by atoms with van der Waals surface area (Å²) < 4.78 is 1.76. The predicted molar refractivity (Wildman–Crippen MR) is 67.9 cm³/mol. The first-order valence-electron chi connectivity index (χ1n) is 6.11. The van der Waals surface area contributed by atoms with Crippen LogP contribution in [0.3, 0.4) is 0 Å². The van der Waals surface area contributed by atoms with E-state index in [-0.39, 0.29) is 18.6 Å². The normalized spacial score (nSPS) is 31.1. The molecular formula is C11H16N6O2. The zero-order chi connectivity index (χ0) is 13.6. The molecule has 0 bridgehead atoms.